The molecule has 0 spiro atoms. The number of hydrogen-bond acceptors (Lipinski definition) is 10. The Morgan fingerprint density at radius 1 is 0.419 bits per heavy atom. The van der Waals surface area contributed by atoms with Crippen molar-refractivity contribution in [2.45, 2.75) is 291 Å². The summed E-state index contributed by atoms with van der Waals surface area (Å²) in [6, 6.07) is 10.4. The summed E-state index contributed by atoms with van der Waals surface area (Å²) in [5, 5.41) is 0. The molecule has 432 valence electrons. The van der Waals surface area contributed by atoms with Crippen molar-refractivity contribution in [3.63, 3.8) is 0 Å². The lowest BCUT2D eigenvalue weighted by Crippen LogP contribution is -2.42. The predicted molar refractivity (Wildman–Crippen MR) is 306 cm³/mol. The molecule has 1 aliphatic rings. The van der Waals surface area contributed by atoms with Gasteiger partial charge in [-0.2, -0.15) is 0 Å². The zero-order chi connectivity index (χ0) is 53.1. The SMILES string of the molecule is CCCCCCCCCCOC(OCCCCCCCCCC)C(=O)OCCC1(CCOC(=O)C(OCCCCCCCCCC)OCCCCCCCCCC)CCN(CCCCOCc2ccccc2)CC1. The molecule has 0 aromatic heterocycles. The minimum atomic E-state index is -1.01. The Kier molecular flexibility index (Phi) is 46.4. The third-order valence-corrected chi connectivity index (χ3v) is 15.2. The number of unbranched alkanes of at least 4 members (excludes halogenated alkanes) is 29. The van der Waals surface area contributed by atoms with Gasteiger partial charge in [0.15, 0.2) is 0 Å². The molecule has 1 heterocycles. The van der Waals surface area contributed by atoms with Crippen LogP contribution in [0.1, 0.15) is 277 Å². The van der Waals surface area contributed by atoms with E-state index in [1.165, 1.54) is 160 Å². The highest BCUT2D eigenvalue weighted by Crippen LogP contribution is 2.39. The summed E-state index contributed by atoms with van der Waals surface area (Å²) in [4.78, 5) is 30.0. The number of hydrogen-bond donors (Lipinski definition) is 0. The highest BCUT2D eigenvalue weighted by Gasteiger charge is 2.36. The average molecular weight is 1040 g/mol. The van der Waals surface area contributed by atoms with Crippen LogP contribution in [-0.2, 0) is 49.4 Å². The molecule has 0 N–H and O–H groups in total. The molecule has 0 amide bonds. The standard InChI is InChI=1S/C64H117NO9/c1-5-9-13-17-21-25-29-37-52-71-62(72-53-38-30-26-22-18-14-10-6-2)60(66)69-56-46-64(44-49-65(50-45-64)48-36-41-51-68-58-59-42-34-33-35-43-59)47-57-70-61(67)63(73-54-39-31-27-23-19-15-11-7-3)74-55-40-32-28-24-20-16-12-8-4/h33-35,42-43,62-63H,5-32,36-41,44-58H2,1-4H3. The normalized spacial score (nSPS) is 13.9. The van der Waals surface area contributed by atoms with Crippen LogP contribution >= 0.6 is 0 Å². The first-order valence-electron chi connectivity index (χ1n) is 31.6. The first-order valence-corrected chi connectivity index (χ1v) is 31.6. The van der Waals surface area contributed by atoms with Crippen LogP contribution in [0, 0.1) is 5.41 Å². The smallest absolute Gasteiger partial charge is 0.363 e. The van der Waals surface area contributed by atoms with E-state index in [0.29, 0.717) is 45.9 Å². The van der Waals surface area contributed by atoms with Crippen molar-refractivity contribution in [3.8, 4) is 0 Å². The molecular formula is C64H117NO9. The Morgan fingerprint density at radius 3 is 1.09 bits per heavy atom. The van der Waals surface area contributed by atoms with E-state index in [4.69, 9.17) is 33.2 Å². The fraction of sp³-hybridized carbons (Fsp3) is 0.875. The summed E-state index contributed by atoms with van der Waals surface area (Å²) in [6.45, 7) is 15.8. The molecule has 0 aliphatic carbocycles. The van der Waals surface area contributed by atoms with Crippen molar-refractivity contribution in [3.05, 3.63) is 35.9 Å². The molecule has 0 bridgehead atoms. The van der Waals surface area contributed by atoms with Crippen molar-refractivity contribution >= 4 is 11.9 Å². The number of esters is 2. The van der Waals surface area contributed by atoms with Crippen molar-refractivity contribution in [2.24, 2.45) is 5.41 Å². The molecular weight excluding hydrogens is 927 g/mol. The number of carbonyl (C=O) groups is 2. The van der Waals surface area contributed by atoms with Crippen LogP contribution in [-0.4, -0.2) is 95.3 Å². The third-order valence-electron chi connectivity index (χ3n) is 15.2. The zero-order valence-corrected chi connectivity index (χ0v) is 48.8. The summed E-state index contributed by atoms with van der Waals surface area (Å²) in [5.74, 6) is -0.856. The monoisotopic (exact) mass is 1040 g/mol. The number of rotatable bonds is 55. The zero-order valence-electron chi connectivity index (χ0n) is 48.8. The molecule has 1 saturated heterocycles. The number of ether oxygens (including phenoxy) is 7. The second-order valence-corrected chi connectivity index (χ2v) is 22.0. The molecule has 10 heteroatoms. The van der Waals surface area contributed by atoms with Gasteiger partial charge in [-0.05, 0) is 94.8 Å². The van der Waals surface area contributed by atoms with Crippen LogP contribution in [0.2, 0.25) is 0 Å². The van der Waals surface area contributed by atoms with Gasteiger partial charge in [0.25, 0.3) is 12.6 Å². The minimum absolute atomic E-state index is 0.146. The average Bonchev–Trinajstić information content (AvgIpc) is 3.41. The van der Waals surface area contributed by atoms with E-state index in [1.54, 1.807) is 0 Å². The van der Waals surface area contributed by atoms with Crippen LogP contribution in [0.25, 0.3) is 0 Å². The first-order chi connectivity index (χ1) is 36.5. The maximum Gasteiger partial charge on any atom is 0.363 e. The van der Waals surface area contributed by atoms with E-state index in [1.807, 2.05) is 6.07 Å². The van der Waals surface area contributed by atoms with Gasteiger partial charge in [-0.25, -0.2) is 9.59 Å². The van der Waals surface area contributed by atoms with E-state index in [0.717, 1.165) is 103 Å². The van der Waals surface area contributed by atoms with Crippen LogP contribution < -0.4 is 0 Å². The lowest BCUT2D eigenvalue weighted by molar-refractivity contribution is -0.197. The van der Waals surface area contributed by atoms with Crippen LogP contribution in [0.3, 0.4) is 0 Å². The fourth-order valence-electron chi connectivity index (χ4n) is 10.1. The van der Waals surface area contributed by atoms with Crippen LogP contribution in [0.15, 0.2) is 30.3 Å². The van der Waals surface area contributed by atoms with Gasteiger partial charge in [0.1, 0.15) is 0 Å². The summed E-state index contributed by atoms with van der Waals surface area (Å²) in [7, 11) is 0. The Bertz CT molecular complexity index is 1250. The molecule has 1 aliphatic heterocycles. The van der Waals surface area contributed by atoms with Crippen molar-refractivity contribution < 1.29 is 42.7 Å². The number of carbonyl (C=O) groups excluding carboxylic acids is 2. The largest absolute Gasteiger partial charge is 0.462 e. The molecule has 0 saturated carbocycles. The van der Waals surface area contributed by atoms with Gasteiger partial charge in [0, 0.05) is 6.61 Å². The Morgan fingerprint density at radius 2 is 0.743 bits per heavy atom. The van der Waals surface area contributed by atoms with Crippen molar-refractivity contribution in [1.82, 2.24) is 4.90 Å². The topological polar surface area (TPSA) is 102 Å². The van der Waals surface area contributed by atoms with Gasteiger partial charge < -0.3 is 38.1 Å². The van der Waals surface area contributed by atoms with Crippen LogP contribution in [0.4, 0.5) is 0 Å². The van der Waals surface area contributed by atoms with Gasteiger partial charge in [-0.1, -0.05) is 238 Å². The molecule has 2 rings (SSSR count). The van der Waals surface area contributed by atoms with E-state index >= 15 is 0 Å². The number of nitrogens with zero attached hydrogens (tertiary/aromatic N) is 1. The van der Waals surface area contributed by atoms with Gasteiger partial charge in [-0.3, -0.25) is 0 Å². The second kappa shape index (κ2) is 50.4. The maximum atomic E-state index is 13.7. The van der Waals surface area contributed by atoms with E-state index < -0.39 is 24.5 Å². The van der Waals surface area contributed by atoms with E-state index in [9.17, 15) is 9.59 Å². The Balaban J connectivity index is 2.02. The molecule has 0 unspecified atom stereocenters. The Hall–Kier alpha value is -2.08. The molecule has 0 atom stereocenters. The van der Waals surface area contributed by atoms with Crippen molar-refractivity contribution in [2.75, 3.05) is 65.9 Å². The highest BCUT2D eigenvalue weighted by atomic mass is 16.7. The second-order valence-electron chi connectivity index (χ2n) is 22.0. The molecule has 1 aromatic rings. The molecule has 74 heavy (non-hydrogen) atoms. The number of likely N-dealkylation sites (tertiary alicyclic amines) is 1. The summed E-state index contributed by atoms with van der Waals surface area (Å²) in [6.07, 6.45) is 41.9. The predicted octanol–water partition coefficient (Wildman–Crippen LogP) is 17.2. The third kappa shape index (κ3) is 38.5. The maximum absolute atomic E-state index is 13.7. The van der Waals surface area contributed by atoms with E-state index in [-0.39, 0.29) is 18.6 Å². The van der Waals surface area contributed by atoms with E-state index in [2.05, 4.69) is 56.9 Å². The lowest BCUT2D eigenvalue weighted by Gasteiger charge is -2.42. The minimum Gasteiger partial charge on any atom is -0.462 e. The summed E-state index contributed by atoms with van der Waals surface area (Å²) < 4.78 is 42.6. The molecule has 10 nitrogen and oxygen atoms in total. The van der Waals surface area contributed by atoms with Gasteiger partial charge in [0.05, 0.1) is 46.2 Å². The first kappa shape index (κ1) is 68.0. The quantitative estimate of drug-likeness (QED) is 0.0356. The van der Waals surface area contributed by atoms with Gasteiger partial charge in [-0.15, -0.1) is 0 Å². The van der Waals surface area contributed by atoms with Gasteiger partial charge >= 0.3 is 11.9 Å². The lowest BCUT2D eigenvalue weighted by atomic mass is 9.73. The molecule has 1 fully saturated rings. The van der Waals surface area contributed by atoms with Crippen LogP contribution in [0.5, 0.6) is 0 Å². The van der Waals surface area contributed by atoms with Crippen molar-refractivity contribution in [1.29, 1.82) is 0 Å². The number of benzene rings is 1. The highest BCUT2D eigenvalue weighted by molar-refractivity contribution is 5.73. The summed E-state index contributed by atoms with van der Waals surface area (Å²) >= 11 is 0. The Labute approximate surface area is 455 Å². The van der Waals surface area contributed by atoms with Gasteiger partial charge in [0.2, 0.25) is 0 Å². The summed E-state index contributed by atoms with van der Waals surface area (Å²) in [5.41, 5.74) is 1.06. The molecule has 0 radical (unpaired) electrons. The molecule has 1 aromatic carbocycles. The fourth-order valence-corrected chi connectivity index (χ4v) is 10.1. The number of piperidine rings is 1.